The minimum atomic E-state index is 0.218. The van der Waals surface area contributed by atoms with Gasteiger partial charge in [-0.25, -0.2) is 0 Å². The van der Waals surface area contributed by atoms with Crippen LogP contribution < -0.4 is 10.6 Å². The van der Waals surface area contributed by atoms with Crippen molar-refractivity contribution in [2.24, 2.45) is 11.8 Å². The summed E-state index contributed by atoms with van der Waals surface area (Å²) in [6.45, 7) is 4.82. The Morgan fingerprint density at radius 3 is 2.94 bits per heavy atom. The Morgan fingerprint density at radius 2 is 2.18 bits per heavy atom. The maximum Gasteiger partial charge on any atom is 0.234 e. The Balaban J connectivity index is 1.41. The number of hydrogen-bond donors (Lipinski definition) is 2. The molecule has 0 aromatic heterocycles. The highest BCUT2D eigenvalue weighted by Crippen LogP contribution is 2.27. The predicted octanol–water partition coefficient (Wildman–Crippen LogP) is 0.196. The minimum Gasteiger partial charge on any atom is -0.355 e. The molecular weight excluding hydrogens is 214 g/mol. The number of fused-ring (bicyclic) bond motifs is 1. The highest BCUT2D eigenvalue weighted by Gasteiger charge is 2.34. The van der Waals surface area contributed by atoms with Crippen LogP contribution in [0.4, 0.5) is 0 Å². The van der Waals surface area contributed by atoms with Gasteiger partial charge in [0.1, 0.15) is 0 Å². The molecule has 2 heterocycles. The molecule has 0 bridgehead atoms. The zero-order valence-corrected chi connectivity index (χ0v) is 10.5. The van der Waals surface area contributed by atoms with E-state index in [9.17, 15) is 4.79 Å². The summed E-state index contributed by atoms with van der Waals surface area (Å²) >= 11 is 0. The molecule has 1 aliphatic carbocycles. The number of likely N-dealkylation sites (tertiary alicyclic amines) is 1. The van der Waals surface area contributed by atoms with E-state index in [1.54, 1.807) is 0 Å². The molecule has 3 fully saturated rings. The maximum absolute atomic E-state index is 11.8. The molecule has 3 aliphatic rings. The van der Waals surface area contributed by atoms with Gasteiger partial charge in [-0.05, 0) is 44.1 Å². The van der Waals surface area contributed by atoms with Crippen LogP contribution in [0.5, 0.6) is 0 Å². The molecule has 2 atom stereocenters. The summed E-state index contributed by atoms with van der Waals surface area (Å²) in [5.41, 5.74) is 0. The molecule has 1 saturated carbocycles. The van der Waals surface area contributed by atoms with E-state index in [-0.39, 0.29) is 5.91 Å². The zero-order valence-electron chi connectivity index (χ0n) is 10.5. The summed E-state index contributed by atoms with van der Waals surface area (Å²) in [6, 6.07) is 0.639. The third-order valence-corrected chi connectivity index (χ3v) is 4.33. The molecule has 0 radical (unpaired) electrons. The largest absolute Gasteiger partial charge is 0.355 e. The molecule has 4 nitrogen and oxygen atoms in total. The molecule has 1 amide bonds. The summed E-state index contributed by atoms with van der Waals surface area (Å²) in [5, 5.41) is 6.62. The molecule has 0 spiro atoms. The number of nitrogens with one attached hydrogen (secondary N) is 2. The second kappa shape index (κ2) is 4.94. The predicted molar refractivity (Wildman–Crippen MR) is 66.7 cm³/mol. The van der Waals surface area contributed by atoms with Crippen LogP contribution in [-0.4, -0.2) is 49.6 Å². The van der Waals surface area contributed by atoms with E-state index >= 15 is 0 Å². The molecule has 96 valence electrons. The summed E-state index contributed by atoms with van der Waals surface area (Å²) in [6.07, 6.45) is 5.23. The lowest BCUT2D eigenvalue weighted by Crippen LogP contribution is -2.41. The lowest BCUT2D eigenvalue weighted by molar-refractivity contribution is -0.122. The SMILES string of the molecule is O=C(CN1CC2CCCNC2C1)NCC1CC1. The smallest absolute Gasteiger partial charge is 0.234 e. The number of hydrogen-bond acceptors (Lipinski definition) is 3. The first-order chi connectivity index (χ1) is 8.31. The molecule has 17 heavy (non-hydrogen) atoms. The zero-order chi connectivity index (χ0) is 11.7. The van der Waals surface area contributed by atoms with Crippen LogP contribution in [-0.2, 0) is 4.79 Å². The molecule has 3 rings (SSSR count). The van der Waals surface area contributed by atoms with Gasteiger partial charge in [0.15, 0.2) is 0 Å². The standard InChI is InChI=1S/C13H23N3O/c17-13(15-6-10-3-4-10)9-16-7-11-2-1-5-14-12(11)8-16/h10-12,14H,1-9H2,(H,15,17). The maximum atomic E-state index is 11.8. The van der Waals surface area contributed by atoms with Crippen LogP contribution in [0.25, 0.3) is 0 Å². The van der Waals surface area contributed by atoms with E-state index in [1.165, 1.54) is 25.7 Å². The van der Waals surface area contributed by atoms with E-state index in [2.05, 4.69) is 15.5 Å². The topological polar surface area (TPSA) is 44.4 Å². The third-order valence-electron chi connectivity index (χ3n) is 4.33. The van der Waals surface area contributed by atoms with Gasteiger partial charge in [-0.15, -0.1) is 0 Å². The lowest BCUT2D eigenvalue weighted by atomic mass is 9.94. The van der Waals surface area contributed by atoms with Crippen molar-refractivity contribution in [3.8, 4) is 0 Å². The highest BCUT2D eigenvalue weighted by molar-refractivity contribution is 5.78. The first-order valence-corrected chi connectivity index (χ1v) is 7.03. The van der Waals surface area contributed by atoms with Gasteiger partial charge in [-0.2, -0.15) is 0 Å². The first-order valence-electron chi connectivity index (χ1n) is 7.03. The summed E-state index contributed by atoms with van der Waals surface area (Å²) in [7, 11) is 0. The normalized spacial score (nSPS) is 33.4. The molecule has 2 saturated heterocycles. The van der Waals surface area contributed by atoms with Gasteiger partial charge in [0.25, 0.3) is 0 Å². The highest BCUT2D eigenvalue weighted by atomic mass is 16.2. The number of amides is 1. The average molecular weight is 237 g/mol. The van der Waals surface area contributed by atoms with Crippen LogP contribution in [0.1, 0.15) is 25.7 Å². The van der Waals surface area contributed by atoms with Crippen molar-refractivity contribution in [3.05, 3.63) is 0 Å². The fourth-order valence-electron chi connectivity index (χ4n) is 3.10. The molecule has 2 aliphatic heterocycles. The Kier molecular flexibility index (Phi) is 3.34. The molecule has 0 aromatic carbocycles. The van der Waals surface area contributed by atoms with E-state index in [1.807, 2.05) is 0 Å². The van der Waals surface area contributed by atoms with E-state index in [0.29, 0.717) is 12.6 Å². The van der Waals surface area contributed by atoms with Crippen molar-refractivity contribution in [1.29, 1.82) is 0 Å². The van der Waals surface area contributed by atoms with Crippen LogP contribution >= 0.6 is 0 Å². The fraction of sp³-hybridized carbons (Fsp3) is 0.923. The van der Waals surface area contributed by atoms with E-state index in [4.69, 9.17) is 0 Å². The monoisotopic (exact) mass is 237 g/mol. The van der Waals surface area contributed by atoms with E-state index < -0.39 is 0 Å². The van der Waals surface area contributed by atoms with Crippen LogP contribution in [0.3, 0.4) is 0 Å². The third kappa shape index (κ3) is 2.99. The molecule has 2 N–H and O–H groups in total. The van der Waals surface area contributed by atoms with Crippen molar-refractivity contribution < 1.29 is 4.79 Å². The second-order valence-corrected chi connectivity index (χ2v) is 5.90. The van der Waals surface area contributed by atoms with Crippen LogP contribution in [0.15, 0.2) is 0 Å². The van der Waals surface area contributed by atoms with Gasteiger partial charge in [-0.1, -0.05) is 0 Å². The number of carbonyl (C=O) groups excluding carboxylic acids is 1. The fourth-order valence-corrected chi connectivity index (χ4v) is 3.10. The van der Waals surface area contributed by atoms with Crippen molar-refractivity contribution in [3.63, 3.8) is 0 Å². The Morgan fingerprint density at radius 1 is 1.29 bits per heavy atom. The number of carbonyl (C=O) groups is 1. The van der Waals surface area contributed by atoms with Gasteiger partial charge in [0, 0.05) is 25.7 Å². The minimum absolute atomic E-state index is 0.218. The van der Waals surface area contributed by atoms with Crippen molar-refractivity contribution in [2.75, 3.05) is 32.7 Å². The summed E-state index contributed by atoms with van der Waals surface area (Å²) in [5.74, 6) is 1.78. The second-order valence-electron chi connectivity index (χ2n) is 5.90. The number of rotatable bonds is 4. The van der Waals surface area contributed by atoms with Gasteiger partial charge in [0.2, 0.25) is 5.91 Å². The average Bonchev–Trinajstić information content (AvgIpc) is 3.06. The summed E-state index contributed by atoms with van der Waals surface area (Å²) < 4.78 is 0. The van der Waals surface area contributed by atoms with Gasteiger partial charge in [-0.3, -0.25) is 9.69 Å². The molecule has 4 heteroatoms. The van der Waals surface area contributed by atoms with Gasteiger partial charge in [0.05, 0.1) is 6.54 Å². The lowest BCUT2D eigenvalue weighted by Gasteiger charge is -2.24. The van der Waals surface area contributed by atoms with Crippen LogP contribution in [0, 0.1) is 11.8 Å². The molecule has 0 aromatic rings. The molecule has 2 unspecified atom stereocenters. The number of piperidine rings is 1. The van der Waals surface area contributed by atoms with E-state index in [0.717, 1.165) is 38.0 Å². The van der Waals surface area contributed by atoms with Crippen molar-refractivity contribution >= 4 is 5.91 Å². The van der Waals surface area contributed by atoms with Crippen molar-refractivity contribution in [1.82, 2.24) is 15.5 Å². The van der Waals surface area contributed by atoms with Gasteiger partial charge >= 0.3 is 0 Å². The van der Waals surface area contributed by atoms with Crippen LogP contribution in [0.2, 0.25) is 0 Å². The Bertz CT molecular complexity index is 276. The summed E-state index contributed by atoms with van der Waals surface area (Å²) in [4.78, 5) is 14.1. The first kappa shape index (κ1) is 11.5. The Labute approximate surface area is 103 Å². The molecular formula is C13H23N3O. The van der Waals surface area contributed by atoms with Gasteiger partial charge < -0.3 is 10.6 Å². The Hall–Kier alpha value is -0.610. The quantitative estimate of drug-likeness (QED) is 0.734. The van der Waals surface area contributed by atoms with Crippen molar-refractivity contribution in [2.45, 2.75) is 31.7 Å². The number of nitrogens with zero attached hydrogens (tertiary/aromatic N) is 1.